The van der Waals surface area contributed by atoms with Gasteiger partial charge in [0, 0.05) is 17.0 Å². The topological polar surface area (TPSA) is 18.5 Å². The molecule has 2 aliphatic rings. The molecule has 0 fully saturated rings. The van der Waals surface area contributed by atoms with E-state index in [-0.39, 0.29) is 5.41 Å². The average molecular weight is 302 g/mol. The molecule has 5 rings (SSSR count). The summed E-state index contributed by atoms with van der Waals surface area (Å²) in [5, 5.41) is 2.59. The first kappa shape index (κ1) is 13.0. The van der Waals surface area contributed by atoms with Crippen molar-refractivity contribution in [2.45, 2.75) is 18.8 Å². The molecule has 1 unspecified atom stereocenters. The van der Waals surface area contributed by atoms with Crippen molar-refractivity contribution < 1.29 is 9.47 Å². The van der Waals surface area contributed by atoms with Gasteiger partial charge in [-0.15, -0.1) is 0 Å². The van der Waals surface area contributed by atoms with E-state index in [1.807, 2.05) is 6.07 Å². The Balaban J connectivity index is 1.91. The molecule has 0 aromatic heterocycles. The maximum atomic E-state index is 5.97. The number of hydrogen-bond donors (Lipinski definition) is 0. The third-order valence-corrected chi connectivity index (χ3v) is 5.49. The maximum Gasteiger partial charge on any atom is 0.127 e. The predicted molar refractivity (Wildman–Crippen MR) is 92.5 cm³/mol. The van der Waals surface area contributed by atoms with Crippen molar-refractivity contribution in [1.29, 1.82) is 0 Å². The highest BCUT2D eigenvalue weighted by Gasteiger charge is 2.44. The highest BCUT2D eigenvalue weighted by molar-refractivity contribution is 5.94. The lowest BCUT2D eigenvalue weighted by Gasteiger charge is -2.33. The van der Waals surface area contributed by atoms with Gasteiger partial charge in [0.1, 0.15) is 11.5 Å². The van der Waals surface area contributed by atoms with Crippen LogP contribution >= 0.6 is 0 Å². The molecule has 1 atom stereocenters. The molecule has 0 saturated carbocycles. The molecule has 114 valence electrons. The molecule has 0 spiro atoms. The van der Waals surface area contributed by atoms with Gasteiger partial charge in [0.2, 0.25) is 0 Å². The standard InChI is InChI=1S/C21H18O2/c1-21-7-8-23-19-12-15(22-2)11-17(20(19)21)16-9-13-5-3-4-6-14(13)10-18(16)21/h3-6,9-12H,7-8H2,1-2H3. The van der Waals surface area contributed by atoms with Gasteiger partial charge in [-0.25, -0.2) is 0 Å². The molecule has 2 heteroatoms. The summed E-state index contributed by atoms with van der Waals surface area (Å²) in [7, 11) is 1.72. The number of hydrogen-bond acceptors (Lipinski definition) is 2. The molecule has 1 aliphatic heterocycles. The van der Waals surface area contributed by atoms with Gasteiger partial charge in [-0.05, 0) is 52.1 Å². The molecular weight excluding hydrogens is 284 g/mol. The van der Waals surface area contributed by atoms with E-state index < -0.39 is 0 Å². The highest BCUT2D eigenvalue weighted by Crippen LogP contribution is 2.57. The van der Waals surface area contributed by atoms with E-state index >= 15 is 0 Å². The highest BCUT2D eigenvalue weighted by atomic mass is 16.5. The molecule has 2 nitrogen and oxygen atoms in total. The Morgan fingerprint density at radius 1 is 1.00 bits per heavy atom. The molecule has 1 heterocycles. The van der Waals surface area contributed by atoms with Crippen molar-refractivity contribution in [3.63, 3.8) is 0 Å². The van der Waals surface area contributed by atoms with Gasteiger partial charge in [0.25, 0.3) is 0 Å². The quantitative estimate of drug-likeness (QED) is 0.635. The van der Waals surface area contributed by atoms with Crippen molar-refractivity contribution >= 4 is 10.8 Å². The molecule has 3 aromatic rings. The Hall–Kier alpha value is -2.48. The van der Waals surface area contributed by atoms with Crippen LogP contribution in [0, 0.1) is 0 Å². The SMILES string of the molecule is COc1cc2c3c(c1)-c1cc4ccccc4cc1C3(C)CCO2. The Kier molecular flexibility index (Phi) is 2.42. The van der Waals surface area contributed by atoms with Crippen molar-refractivity contribution in [2.24, 2.45) is 0 Å². The van der Waals surface area contributed by atoms with Crippen LogP contribution < -0.4 is 9.47 Å². The van der Waals surface area contributed by atoms with Crippen LogP contribution in [0.1, 0.15) is 24.5 Å². The molecule has 0 amide bonds. The Bertz CT molecular complexity index is 957. The van der Waals surface area contributed by atoms with Gasteiger partial charge in [-0.1, -0.05) is 31.2 Å². The smallest absolute Gasteiger partial charge is 0.127 e. The normalized spacial score (nSPS) is 20.8. The number of methoxy groups -OCH3 is 1. The summed E-state index contributed by atoms with van der Waals surface area (Å²) < 4.78 is 11.5. The fraction of sp³-hybridized carbons (Fsp3) is 0.238. The van der Waals surface area contributed by atoms with Crippen LogP contribution in [0.15, 0.2) is 48.5 Å². The summed E-state index contributed by atoms with van der Waals surface area (Å²) in [5.74, 6) is 1.84. The lowest BCUT2D eigenvalue weighted by atomic mass is 9.75. The van der Waals surface area contributed by atoms with Crippen LogP contribution in [0.4, 0.5) is 0 Å². The second kappa shape index (κ2) is 4.29. The van der Waals surface area contributed by atoms with Crippen LogP contribution in [-0.2, 0) is 5.41 Å². The van der Waals surface area contributed by atoms with E-state index in [9.17, 15) is 0 Å². The minimum absolute atomic E-state index is 0.0363. The Morgan fingerprint density at radius 2 is 1.78 bits per heavy atom. The summed E-state index contributed by atoms with van der Waals surface area (Å²) in [5.41, 5.74) is 5.38. The van der Waals surface area contributed by atoms with Crippen LogP contribution in [-0.4, -0.2) is 13.7 Å². The lowest BCUT2D eigenvalue weighted by molar-refractivity contribution is 0.245. The second-order valence-electron chi connectivity index (χ2n) is 6.72. The molecule has 0 radical (unpaired) electrons. The van der Waals surface area contributed by atoms with Crippen molar-refractivity contribution in [1.82, 2.24) is 0 Å². The zero-order chi connectivity index (χ0) is 15.6. The van der Waals surface area contributed by atoms with E-state index in [4.69, 9.17) is 9.47 Å². The lowest BCUT2D eigenvalue weighted by Crippen LogP contribution is -2.28. The summed E-state index contributed by atoms with van der Waals surface area (Å²) in [6, 6.07) is 17.5. The maximum absolute atomic E-state index is 5.97. The Labute approximate surface area is 135 Å². The molecule has 0 saturated heterocycles. The third-order valence-electron chi connectivity index (χ3n) is 5.49. The molecule has 3 aromatic carbocycles. The van der Waals surface area contributed by atoms with E-state index in [0.717, 1.165) is 24.5 Å². The van der Waals surface area contributed by atoms with Gasteiger partial charge in [-0.2, -0.15) is 0 Å². The fourth-order valence-corrected chi connectivity index (χ4v) is 4.28. The molecule has 0 N–H and O–H groups in total. The summed E-state index contributed by atoms with van der Waals surface area (Å²) in [4.78, 5) is 0. The fourth-order valence-electron chi connectivity index (χ4n) is 4.28. The van der Waals surface area contributed by atoms with E-state index in [1.165, 1.54) is 33.0 Å². The minimum atomic E-state index is 0.0363. The monoisotopic (exact) mass is 302 g/mol. The van der Waals surface area contributed by atoms with Crippen LogP contribution in [0.25, 0.3) is 21.9 Å². The zero-order valence-electron chi connectivity index (χ0n) is 13.3. The van der Waals surface area contributed by atoms with E-state index in [1.54, 1.807) is 7.11 Å². The average Bonchev–Trinajstić information content (AvgIpc) is 2.83. The largest absolute Gasteiger partial charge is 0.497 e. The first-order valence-electron chi connectivity index (χ1n) is 8.10. The van der Waals surface area contributed by atoms with Gasteiger partial charge < -0.3 is 9.47 Å². The predicted octanol–water partition coefficient (Wildman–Crippen LogP) is 4.92. The summed E-state index contributed by atoms with van der Waals surface area (Å²) in [6.45, 7) is 3.10. The number of benzene rings is 3. The van der Waals surface area contributed by atoms with Crippen LogP contribution in [0.3, 0.4) is 0 Å². The van der Waals surface area contributed by atoms with E-state index in [2.05, 4.69) is 49.4 Å². The van der Waals surface area contributed by atoms with Crippen molar-refractivity contribution in [3.8, 4) is 22.6 Å². The van der Waals surface area contributed by atoms with E-state index in [0.29, 0.717) is 0 Å². The third kappa shape index (κ3) is 1.58. The van der Waals surface area contributed by atoms with Gasteiger partial charge in [0.05, 0.1) is 13.7 Å². The summed E-state index contributed by atoms with van der Waals surface area (Å²) in [6.07, 6.45) is 1.02. The minimum Gasteiger partial charge on any atom is -0.497 e. The number of fused-ring (bicyclic) bond motifs is 4. The molecule has 0 bridgehead atoms. The first-order chi connectivity index (χ1) is 11.2. The Morgan fingerprint density at radius 3 is 2.57 bits per heavy atom. The second-order valence-corrected chi connectivity index (χ2v) is 6.72. The molecule has 23 heavy (non-hydrogen) atoms. The van der Waals surface area contributed by atoms with Crippen LogP contribution in [0.2, 0.25) is 0 Å². The van der Waals surface area contributed by atoms with Crippen molar-refractivity contribution in [2.75, 3.05) is 13.7 Å². The van der Waals surface area contributed by atoms with Crippen LogP contribution in [0.5, 0.6) is 11.5 Å². The number of rotatable bonds is 1. The van der Waals surface area contributed by atoms with Gasteiger partial charge in [-0.3, -0.25) is 0 Å². The van der Waals surface area contributed by atoms with Gasteiger partial charge >= 0.3 is 0 Å². The molecular formula is C21H18O2. The van der Waals surface area contributed by atoms with Gasteiger partial charge in [0.15, 0.2) is 0 Å². The zero-order valence-corrected chi connectivity index (χ0v) is 13.3. The van der Waals surface area contributed by atoms with Crippen molar-refractivity contribution in [3.05, 3.63) is 59.7 Å². The number of ether oxygens (including phenoxy) is 2. The summed E-state index contributed by atoms with van der Waals surface area (Å²) >= 11 is 0. The molecule has 1 aliphatic carbocycles. The first-order valence-corrected chi connectivity index (χ1v) is 8.10.